The van der Waals surface area contributed by atoms with Crippen LogP contribution >= 0.6 is 24.2 Å². The van der Waals surface area contributed by atoms with E-state index < -0.39 is 0 Å². The maximum Gasteiger partial charge on any atom is 0.313 e. The third-order valence-corrected chi connectivity index (χ3v) is 4.39. The van der Waals surface area contributed by atoms with Crippen molar-refractivity contribution < 1.29 is 4.57 Å². The van der Waals surface area contributed by atoms with E-state index in [9.17, 15) is 0 Å². The Morgan fingerprint density at radius 3 is 2.71 bits per heavy atom. The van der Waals surface area contributed by atoms with Crippen molar-refractivity contribution in [1.29, 1.82) is 0 Å². The number of rotatable bonds is 4. The number of fused-ring (bicyclic) bond motifs is 1. The van der Waals surface area contributed by atoms with E-state index in [2.05, 4.69) is 59.4 Å². The van der Waals surface area contributed by atoms with Crippen LogP contribution in [-0.4, -0.2) is 4.98 Å². The average molecular weight is 318 g/mol. The highest BCUT2D eigenvalue weighted by molar-refractivity contribution is 7.80. The summed E-state index contributed by atoms with van der Waals surface area (Å²) in [5, 5.41) is 1.61. The van der Waals surface area contributed by atoms with E-state index in [1.165, 1.54) is 5.56 Å². The van der Waals surface area contributed by atoms with Gasteiger partial charge in [-0.3, -0.25) is 0 Å². The Labute approximate surface area is 135 Å². The smallest absolute Gasteiger partial charge is 0.231 e. The zero-order valence-electron chi connectivity index (χ0n) is 11.9. The van der Waals surface area contributed by atoms with Crippen molar-refractivity contribution in [3.05, 3.63) is 59.1 Å². The predicted octanol–water partition coefficient (Wildman–Crippen LogP) is 4.59. The third-order valence-electron chi connectivity index (χ3n) is 3.83. The van der Waals surface area contributed by atoms with Gasteiger partial charge in [0.05, 0.1) is 6.04 Å². The van der Waals surface area contributed by atoms with Crippen LogP contribution in [0.1, 0.15) is 24.9 Å². The minimum atomic E-state index is 0.368. The standard InChI is InChI=1S/C17H17ClN2S/c1-12(7-8-13-5-3-2-4-6-13)20-16-10-9-14(18)11-15(16)19-17(20)21/h2-6,9-12H,7-8H2,1H3,(H,19,21)/p+1. The molecule has 0 amide bonds. The number of aromatic amines is 1. The summed E-state index contributed by atoms with van der Waals surface area (Å²) in [6.45, 7) is 2.23. The number of nitrogens with zero attached hydrogens (tertiary/aromatic N) is 1. The highest BCUT2D eigenvalue weighted by Crippen LogP contribution is 2.20. The van der Waals surface area contributed by atoms with Gasteiger partial charge in [-0.1, -0.05) is 54.6 Å². The number of imidazole rings is 1. The number of H-pyrrole nitrogens is 1. The van der Waals surface area contributed by atoms with Crippen molar-refractivity contribution in [3.8, 4) is 0 Å². The van der Waals surface area contributed by atoms with Crippen LogP contribution < -0.4 is 4.57 Å². The number of halogens is 1. The van der Waals surface area contributed by atoms with E-state index in [1.807, 2.05) is 18.2 Å². The molecule has 0 saturated carbocycles. The Kier molecular flexibility index (Phi) is 4.22. The number of nitrogens with one attached hydrogen (secondary N) is 1. The van der Waals surface area contributed by atoms with Crippen molar-refractivity contribution in [2.24, 2.45) is 0 Å². The van der Waals surface area contributed by atoms with Crippen molar-refractivity contribution in [2.45, 2.75) is 31.0 Å². The van der Waals surface area contributed by atoms with Gasteiger partial charge in [0.2, 0.25) is 0 Å². The molecule has 21 heavy (non-hydrogen) atoms. The number of hydrogen-bond donors (Lipinski definition) is 2. The number of benzene rings is 2. The first-order valence-corrected chi connectivity index (χ1v) is 7.93. The molecule has 1 atom stereocenters. The van der Waals surface area contributed by atoms with Crippen molar-refractivity contribution in [2.75, 3.05) is 0 Å². The maximum atomic E-state index is 6.05. The predicted molar refractivity (Wildman–Crippen MR) is 90.2 cm³/mol. The summed E-state index contributed by atoms with van der Waals surface area (Å²) >= 11 is 10.6. The van der Waals surface area contributed by atoms with Gasteiger partial charge in [0, 0.05) is 11.1 Å². The van der Waals surface area contributed by atoms with Gasteiger partial charge >= 0.3 is 5.16 Å². The van der Waals surface area contributed by atoms with Gasteiger partial charge in [0.25, 0.3) is 0 Å². The topological polar surface area (TPSA) is 19.7 Å². The molecule has 2 nitrogen and oxygen atoms in total. The second-order valence-electron chi connectivity index (χ2n) is 5.35. The minimum absolute atomic E-state index is 0.368. The normalized spacial score (nSPS) is 12.7. The first kappa shape index (κ1) is 14.5. The van der Waals surface area contributed by atoms with Gasteiger partial charge < -0.3 is 0 Å². The summed E-state index contributed by atoms with van der Waals surface area (Å²) in [5.74, 6) is 0. The Balaban J connectivity index is 1.84. The molecule has 0 bridgehead atoms. The number of aryl methyl sites for hydroxylation is 1. The second kappa shape index (κ2) is 6.12. The van der Waals surface area contributed by atoms with Crippen LogP contribution in [0.25, 0.3) is 11.0 Å². The monoisotopic (exact) mass is 317 g/mol. The molecule has 0 aliphatic rings. The van der Waals surface area contributed by atoms with E-state index >= 15 is 0 Å². The fraction of sp³-hybridized carbons (Fsp3) is 0.235. The van der Waals surface area contributed by atoms with Crippen LogP contribution in [0.2, 0.25) is 5.02 Å². The van der Waals surface area contributed by atoms with E-state index in [1.54, 1.807) is 0 Å². The van der Waals surface area contributed by atoms with E-state index in [4.69, 9.17) is 11.6 Å². The minimum Gasteiger partial charge on any atom is -0.231 e. The molecule has 0 saturated heterocycles. The third kappa shape index (κ3) is 3.09. The van der Waals surface area contributed by atoms with Gasteiger partial charge in [0.15, 0.2) is 11.0 Å². The molecule has 1 N–H and O–H groups in total. The number of aromatic nitrogens is 2. The second-order valence-corrected chi connectivity index (χ2v) is 6.21. The quantitative estimate of drug-likeness (QED) is 0.518. The largest absolute Gasteiger partial charge is 0.313 e. The van der Waals surface area contributed by atoms with Crippen LogP contribution in [0.5, 0.6) is 0 Å². The van der Waals surface area contributed by atoms with Crippen molar-refractivity contribution in [3.63, 3.8) is 0 Å². The van der Waals surface area contributed by atoms with Crippen LogP contribution in [0.15, 0.2) is 53.7 Å². The summed E-state index contributed by atoms with van der Waals surface area (Å²) in [5.41, 5.74) is 3.54. The molecule has 1 unspecified atom stereocenters. The molecular weight excluding hydrogens is 300 g/mol. The lowest BCUT2D eigenvalue weighted by Gasteiger charge is -2.10. The zero-order chi connectivity index (χ0) is 14.8. The van der Waals surface area contributed by atoms with E-state index in [0.29, 0.717) is 6.04 Å². The van der Waals surface area contributed by atoms with Crippen molar-refractivity contribution >= 4 is 35.3 Å². The lowest BCUT2D eigenvalue weighted by molar-refractivity contribution is -0.731. The molecular formula is C17H18ClN2S+. The summed E-state index contributed by atoms with van der Waals surface area (Å²) < 4.78 is 2.23. The highest BCUT2D eigenvalue weighted by Gasteiger charge is 2.21. The Bertz CT molecular complexity index is 752. The molecule has 0 aliphatic heterocycles. The lowest BCUT2D eigenvalue weighted by Crippen LogP contribution is -2.38. The van der Waals surface area contributed by atoms with Crippen LogP contribution in [0.4, 0.5) is 0 Å². The molecule has 0 aliphatic carbocycles. The van der Waals surface area contributed by atoms with Gasteiger partial charge in [-0.05, 0) is 37.5 Å². The van der Waals surface area contributed by atoms with Crippen LogP contribution in [0, 0.1) is 0 Å². The Hall–Kier alpha value is -1.45. The molecule has 1 heterocycles. The first-order chi connectivity index (χ1) is 10.1. The van der Waals surface area contributed by atoms with E-state index in [0.717, 1.165) is 34.1 Å². The highest BCUT2D eigenvalue weighted by atomic mass is 35.5. The molecule has 0 radical (unpaired) electrons. The van der Waals surface area contributed by atoms with Gasteiger partial charge in [-0.15, -0.1) is 0 Å². The SMILES string of the molecule is CC(CCc1ccccc1)[n+]1c(S)[nH]c2cc(Cl)ccc21. The fourth-order valence-corrected chi connectivity index (χ4v) is 3.31. The summed E-state index contributed by atoms with van der Waals surface area (Å²) in [6.07, 6.45) is 2.13. The molecule has 108 valence electrons. The number of thiol groups is 1. The maximum absolute atomic E-state index is 6.05. The summed E-state index contributed by atoms with van der Waals surface area (Å²) in [7, 11) is 0. The average Bonchev–Trinajstić information content (AvgIpc) is 2.81. The molecule has 3 rings (SSSR count). The van der Waals surface area contributed by atoms with Gasteiger partial charge in [-0.25, -0.2) is 9.55 Å². The van der Waals surface area contributed by atoms with Gasteiger partial charge in [0.1, 0.15) is 0 Å². The summed E-state index contributed by atoms with van der Waals surface area (Å²) in [6, 6.07) is 16.9. The zero-order valence-corrected chi connectivity index (χ0v) is 13.5. The molecule has 3 aromatic rings. The van der Waals surface area contributed by atoms with Crippen LogP contribution in [-0.2, 0) is 6.42 Å². The molecule has 1 aromatic heterocycles. The van der Waals surface area contributed by atoms with Crippen molar-refractivity contribution in [1.82, 2.24) is 4.98 Å². The fourth-order valence-electron chi connectivity index (χ4n) is 2.71. The van der Waals surface area contributed by atoms with E-state index in [-0.39, 0.29) is 0 Å². The summed E-state index contributed by atoms with van der Waals surface area (Å²) in [4.78, 5) is 3.29. The number of hydrogen-bond acceptors (Lipinski definition) is 1. The Morgan fingerprint density at radius 2 is 1.95 bits per heavy atom. The molecule has 2 aromatic carbocycles. The molecule has 0 spiro atoms. The molecule has 4 heteroatoms. The van der Waals surface area contributed by atoms with Crippen LogP contribution in [0.3, 0.4) is 0 Å². The van der Waals surface area contributed by atoms with Gasteiger partial charge in [-0.2, -0.15) is 0 Å². The Morgan fingerprint density at radius 1 is 1.19 bits per heavy atom. The molecule has 0 fully saturated rings. The first-order valence-electron chi connectivity index (χ1n) is 7.11. The lowest BCUT2D eigenvalue weighted by atomic mass is 10.1.